The van der Waals surface area contributed by atoms with Crippen molar-refractivity contribution in [3.63, 3.8) is 0 Å². The van der Waals surface area contributed by atoms with Crippen LogP contribution in [0.1, 0.15) is 31.7 Å². The quantitative estimate of drug-likeness (QED) is 0.877. The lowest BCUT2D eigenvalue weighted by Crippen LogP contribution is -2.46. The van der Waals surface area contributed by atoms with Crippen LogP contribution >= 0.6 is 0 Å². The molecule has 0 bridgehead atoms. The first-order chi connectivity index (χ1) is 12.1. The third kappa shape index (κ3) is 4.92. The number of amides is 1. The monoisotopic (exact) mass is 340 g/mol. The highest BCUT2D eigenvalue weighted by atomic mass is 16.2. The van der Waals surface area contributed by atoms with E-state index in [1.165, 1.54) is 6.42 Å². The molecule has 1 aliphatic rings. The van der Waals surface area contributed by atoms with E-state index >= 15 is 0 Å². The van der Waals surface area contributed by atoms with E-state index < -0.39 is 0 Å². The van der Waals surface area contributed by atoms with Gasteiger partial charge in [0.1, 0.15) is 0 Å². The zero-order chi connectivity index (χ0) is 17.6. The van der Waals surface area contributed by atoms with Crippen molar-refractivity contribution in [1.82, 2.24) is 14.7 Å². The Morgan fingerprint density at radius 2 is 2.12 bits per heavy atom. The van der Waals surface area contributed by atoms with Gasteiger partial charge in [0.05, 0.1) is 6.04 Å². The van der Waals surface area contributed by atoms with Crippen molar-refractivity contribution in [2.75, 3.05) is 18.4 Å². The maximum Gasteiger partial charge on any atom is 0.241 e. The van der Waals surface area contributed by atoms with Crippen LogP contribution in [0.2, 0.25) is 0 Å². The summed E-state index contributed by atoms with van der Waals surface area (Å²) >= 11 is 0. The Hall–Kier alpha value is -2.14. The summed E-state index contributed by atoms with van der Waals surface area (Å²) in [5, 5.41) is 7.31. The second-order valence-electron chi connectivity index (χ2n) is 7.07. The maximum atomic E-state index is 12.5. The van der Waals surface area contributed by atoms with Gasteiger partial charge in [-0.2, -0.15) is 5.10 Å². The van der Waals surface area contributed by atoms with Gasteiger partial charge in [-0.25, -0.2) is 0 Å². The number of hydrogen-bond acceptors (Lipinski definition) is 3. The molecule has 5 nitrogen and oxygen atoms in total. The molecule has 1 aromatic carbocycles. The molecule has 1 aromatic heterocycles. The van der Waals surface area contributed by atoms with Crippen molar-refractivity contribution >= 4 is 11.6 Å². The van der Waals surface area contributed by atoms with Gasteiger partial charge >= 0.3 is 0 Å². The van der Waals surface area contributed by atoms with E-state index in [1.807, 2.05) is 61.3 Å². The van der Waals surface area contributed by atoms with Gasteiger partial charge in [0, 0.05) is 24.6 Å². The fourth-order valence-corrected chi connectivity index (χ4v) is 3.51. The largest absolute Gasteiger partial charge is 0.325 e. The van der Waals surface area contributed by atoms with Gasteiger partial charge in [-0.3, -0.25) is 14.4 Å². The van der Waals surface area contributed by atoms with E-state index in [0.29, 0.717) is 0 Å². The third-order valence-electron chi connectivity index (χ3n) is 5.19. The van der Waals surface area contributed by atoms with Crippen LogP contribution in [0.25, 0.3) is 0 Å². The standard InChI is InChI=1S/C20H28N4O/c1-16-5-3-6-19(15-16)22-20(25)17(2)23-12-7-18(8-13-23)9-14-24-11-4-10-21-24/h3-6,10-11,15,17-18H,7-9,12-14H2,1-2H3,(H,22,25)/t17-/m1/s1. The van der Waals surface area contributed by atoms with Crippen LogP contribution in [-0.4, -0.2) is 39.7 Å². The van der Waals surface area contributed by atoms with Crippen molar-refractivity contribution in [2.24, 2.45) is 5.92 Å². The summed E-state index contributed by atoms with van der Waals surface area (Å²) in [6, 6.07) is 9.84. The molecule has 0 saturated carbocycles. The van der Waals surface area contributed by atoms with E-state index in [4.69, 9.17) is 0 Å². The van der Waals surface area contributed by atoms with E-state index in [1.54, 1.807) is 0 Å². The van der Waals surface area contributed by atoms with E-state index in [2.05, 4.69) is 15.3 Å². The van der Waals surface area contributed by atoms with Crippen LogP contribution in [0.5, 0.6) is 0 Å². The summed E-state index contributed by atoms with van der Waals surface area (Å²) in [7, 11) is 0. The summed E-state index contributed by atoms with van der Waals surface area (Å²) in [5.74, 6) is 0.813. The fraction of sp³-hybridized carbons (Fsp3) is 0.500. The average molecular weight is 340 g/mol. The summed E-state index contributed by atoms with van der Waals surface area (Å²) in [6.07, 6.45) is 7.33. The normalized spacial score (nSPS) is 17.4. The Balaban J connectivity index is 1.44. The SMILES string of the molecule is Cc1cccc(NC(=O)[C@@H](C)N2CCC(CCn3cccn3)CC2)c1. The first-order valence-corrected chi connectivity index (χ1v) is 9.21. The van der Waals surface area contributed by atoms with Crippen LogP contribution in [0.3, 0.4) is 0 Å². The predicted molar refractivity (Wildman–Crippen MR) is 100 cm³/mol. The molecule has 0 unspecified atom stereocenters. The Morgan fingerprint density at radius 1 is 1.32 bits per heavy atom. The first kappa shape index (κ1) is 17.7. The van der Waals surface area contributed by atoms with Crippen molar-refractivity contribution in [1.29, 1.82) is 0 Å². The molecular formula is C20H28N4O. The molecule has 2 aromatic rings. The number of nitrogens with zero attached hydrogens (tertiary/aromatic N) is 3. The van der Waals surface area contributed by atoms with Crippen molar-refractivity contribution in [3.05, 3.63) is 48.3 Å². The van der Waals surface area contributed by atoms with Crippen LogP contribution in [0.4, 0.5) is 5.69 Å². The average Bonchev–Trinajstić information content (AvgIpc) is 3.13. The minimum absolute atomic E-state index is 0.0839. The first-order valence-electron chi connectivity index (χ1n) is 9.21. The minimum Gasteiger partial charge on any atom is -0.325 e. The smallest absolute Gasteiger partial charge is 0.241 e. The number of rotatable bonds is 6. The number of likely N-dealkylation sites (tertiary alicyclic amines) is 1. The van der Waals surface area contributed by atoms with Gasteiger partial charge in [-0.15, -0.1) is 0 Å². The molecule has 134 valence electrons. The van der Waals surface area contributed by atoms with Gasteiger partial charge in [-0.05, 0) is 75.9 Å². The van der Waals surface area contributed by atoms with Gasteiger partial charge in [-0.1, -0.05) is 12.1 Å². The van der Waals surface area contributed by atoms with Crippen LogP contribution in [0, 0.1) is 12.8 Å². The molecule has 1 atom stereocenters. The van der Waals surface area contributed by atoms with E-state index in [9.17, 15) is 4.79 Å². The zero-order valence-electron chi connectivity index (χ0n) is 15.2. The summed E-state index contributed by atoms with van der Waals surface area (Å²) in [4.78, 5) is 14.8. The number of aryl methyl sites for hydroxylation is 2. The Morgan fingerprint density at radius 3 is 2.80 bits per heavy atom. The van der Waals surface area contributed by atoms with Crippen molar-refractivity contribution < 1.29 is 4.79 Å². The second-order valence-corrected chi connectivity index (χ2v) is 7.07. The zero-order valence-corrected chi connectivity index (χ0v) is 15.2. The minimum atomic E-state index is -0.0902. The number of anilines is 1. The van der Waals surface area contributed by atoms with Crippen LogP contribution in [0.15, 0.2) is 42.7 Å². The molecule has 0 aliphatic carbocycles. The molecule has 2 heterocycles. The number of carbonyl (C=O) groups is 1. The van der Waals surface area contributed by atoms with Crippen LogP contribution in [-0.2, 0) is 11.3 Å². The number of aromatic nitrogens is 2. The highest BCUT2D eigenvalue weighted by molar-refractivity contribution is 5.94. The number of benzene rings is 1. The fourth-order valence-electron chi connectivity index (χ4n) is 3.51. The number of carbonyl (C=O) groups excluding carboxylic acids is 1. The molecule has 1 saturated heterocycles. The molecule has 1 N–H and O–H groups in total. The Kier molecular flexibility index (Phi) is 5.87. The molecule has 25 heavy (non-hydrogen) atoms. The van der Waals surface area contributed by atoms with Gasteiger partial charge in [0.15, 0.2) is 0 Å². The summed E-state index contributed by atoms with van der Waals surface area (Å²) < 4.78 is 2.00. The van der Waals surface area contributed by atoms with E-state index in [0.717, 1.165) is 49.6 Å². The number of nitrogens with one attached hydrogen (secondary N) is 1. The lowest BCUT2D eigenvalue weighted by atomic mass is 9.93. The molecule has 1 aliphatic heterocycles. The summed E-state index contributed by atoms with van der Waals surface area (Å²) in [5.41, 5.74) is 2.04. The maximum absolute atomic E-state index is 12.5. The lowest BCUT2D eigenvalue weighted by Gasteiger charge is -2.35. The molecule has 1 amide bonds. The molecule has 5 heteroatoms. The highest BCUT2D eigenvalue weighted by Crippen LogP contribution is 2.23. The third-order valence-corrected chi connectivity index (χ3v) is 5.19. The molecule has 1 fully saturated rings. The van der Waals surface area contributed by atoms with Gasteiger partial charge in [0.2, 0.25) is 5.91 Å². The summed E-state index contributed by atoms with van der Waals surface area (Å²) in [6.45, 7) is 7.02. The number of hydrogen-bond donors (Lipinski definition) is 1. The Labute approximate surface area is 150 Å². The van der Waals surface area contributed by atoms with Crippen LogP contribution < -0.4 is 5.32 Å². The Bertz CT molecular complexity index is 675. The van der Waals surface area contributed by atoms with Gasteiger partial charge in [0.25, 0.3) is 0 Å². The lowest BCUT2D eigenvalue weighted by molar-refractivity contribution is -0.121. The second kappa shape index (κ2) is 8.30. The van der Waals surface area contributed by atoms with Crippen molar-refractivity contribution in [3.8, 4) is 0 Å². The van der Waals surface area contributed by atoms with E-state index in [-0.39, 0.29) is 11.9 Å². The molecule has 0 spiro atoms. The number of piperidine rings is 1. The molecule has 0 radical (unpaired) electrons. The topological polar surface area (TPSA) is 50.2 Å². The predicted octanol–water partition coefficient (Wildman–Crippen LogP) is 3.32. The van der Waals surface area contributed by atoms with Gasteiger partial charge < -0.3 is 5.32 Å². The van der Waals surface area contributed by atoms with Crippen molar-refractivity contribution in [2.45, 2.75) is 45.7 Å². The highest BCUT2D eigenvalue weighted by Gasteiger charge is 2.26. The molecular weight excluding hydrogens is 312 g/mol. The molecule has 3 rings (SSSR count).